The molecule has 4 unspecified atom stereocenters. The fraction of sp³-hybridized carbons (Fsp3) is 1.00. The monoisotopic (exact) mass is 253 g/mol. The molecule has 3 aliphatic heterocycles. The molecule has 0 aromatic rings. The molecule has 0 aromatic heterocycles. The van der Waals surface area contributed by atoms with Gasteiger partial charge in [-0.05, 0) is 39.3 Å². The van der Waals surface area contributed by atoms with Crippen molar-refractivity contribution < 1.29 is 4.74 Å². The largest absolute Gasteiger partial charge is 0.381 e. The Balaban J connectivity index is 1.53. The van der Waals surface area contributed by atoms with E-state index in [-0.39, 0.29) is 0 Å². The topological polar surface area (TPSA) is 41.7 Å². The zero-order valence-corrected chi connectivity index (χ0v) is 11.6. The molecular formula is C14H27N3O. The summed E-state index contributed by atoms with van der Waals surface area (Å²) in [5.41, 5.74) is 6.36. The van der Waals surface area contributed by atoms with Crippen LogP contribution in [0, 0.1) is 5.92 Å². The van der Waals surface area contributed by atoms with Crippen LogP contribution in [-0.4, -0.2) is 67.8 Å². The Hall–Kier alpha value is -0.160. The molecule has 4 atom stereocenters. The van der Waals surface area contributed by atoms with E-state index in [0.717, 1.165) is 38.3 Å². The molecule has 4 heteroatoms. The summed E-state index contributed by atoms with van der Waals surface area (Å²) in [5, 5.41) is 0. The highest BCUT2D eigenvalue weighted by molar-refractivity contribution is 4.92. The van der Waals surface area contributed by atoms with Gasteiger partial charge < -0.3 is 15.4 Å². The number of likely N-dealkylation sites (tertiary alicyclic amines) is 1. The van der Waals surface area contributed by atoms with Gasteiger partial charge in [-0.25, -0.2) is 0 Å². The van der Waals surface area contributed by atoms with E-state index in [1.165, 1.54) is 32.4 Å². The maximum atomic E-state index is 6.36. The first kappa shape index (κ1) is 12.9. The zero-order chi connectivity index (χ0) is 12.5. The van der Waals surface area contributed by atoms with Gasteiger partial charge in [0.1, 0.15) is 0 Å². The minimum absolute atomic E-state index is 0.300. The number of likely N-dealkylation sites (N-methyl/N-ethyl adjacent to an activating group) is 1. The smallest absolute Gasteiger partial charge is 0.0510 e. The summed E-state index contributed by atoms with van der Waals surface area (Å²) in [6.07, 6.45) is 5.25. The number of hydrogen-bond acceptors (Lipinski definition) is 4. The number of ether oxygens (including phenoxy) is 1. The average molecular weight is 253 g/mol. The number of hydrogen-bond donors (Lipinski definition) is 1. The van der Waals surface area contributed by atoms with E-state index in [1.54, 1.807) is 0 Å². The first-order chi connectivity index (χ1) is 8.74. The van der Waals surface area contributed by atoms with Gasteiger partial charge in [-0.1, -0.05) is 0 Å². The van der Waals surface area contributed by atoms with Crippen LogP contribution in [0.25, 0.3) is 0 Å². The van der Waals surface area contributed by atoms with Gasteiger partial charge in [0.25, 0.3) is 0 Å². The predicted octanol–water partition coefficient (Wildman–Crippen LogP) is 0.519. The molecule has 4 nitrogen and oxygen atoms in total. The van der Waals surface area contributed by atoms with Crippen molar-refractivity contribution in [3.8, 4) is 0 Å². The van der Waals surface area contributed by atoms with E-state index in [4.69, 9.17) is 10.5 Å². The number of rotatable bonds is 3. The lowest BCUT2D eigenvalue weighted by Gasteiger charge is -2.29. The zero-order valence-electron chi connectivity index (χ0n) is 11.6. The molecule has 3 fully saturated rings. The molecule has 3 aliphatic rings. The molecule has 0 aromatic carbocycles. The molecule has 0 amide bonds. The second-order valence-corrected chi connectivity index (χ2v) is 6.39. The van der Waals surface area contributed by atoms with Gasteiger partial charge in [0, 0.05) is 43.7 Å². The van der Waals surface area contributed by atoms with Crippen LogP contribution < -0.4 is 5.73 Å². The van der Waals surface area contributed by atoms with Crippen molar-refractivity contribution in [3.05, 3.63) is 0 Å². The quantitative estimate of drug-likeness (QED) is 0.796. The van der Waals surface area contributed by atoms with E-state index in [1.807, 2.05) is 0 Å². The van der Waals surface area contributed by atoms with Gasteiger partial charge in [0.15, 0.2) is 0 Å². The van der Waals surface area contributed by atoms with Crippen LogP contribution in [0.2, 0.25) is 0 Å². The Morgan fingerprint density at radius 3 is 2.83 bits per heavy atom. The molecule has 3 heterocycles. The molecular weight excluding hydrogens is 226 g/mol. The van der Waals surface area contributed by atoms with Crippen molar-refractivity contribution in [1.82, 2.24) is 9.80 Å². The lowest BCUT2D eigenvalue weighted by Crippen LogP contribution is -2.45. The van der Waals surface area contributed by atoms with E-state index < -0.39 is 0 Å². The van der Waals surface area contributed by atoms with Gasteiger partial charge in [-0.3, -0.25) is 4.90 Å². The lowest BCUT2D eigenvalue weighted by molar-refractivity contribution is 0.165. The summed E-state index contributed by atoms with van der Waals surface area (Å²) in [5.74, 6) is 0.586. The van der Waals surface area contributed by atoms with E-state index in [9.17, 15) is 0 Å². The standard InChI is InChI=1S/C14H27N3O/c1-16-12-2-3-13(16)8-17(6-4-12)9-14(15)11-5-7-18-10-11/h11-14H,2-10,15H2,1H3. The highest BCUT2D eigenvalue weighted by Gasteiger charge is 2.35. The molecule has 0 aliphatic carbocycles. The molecule has 3 rings (SSSR count). The molecule has 2 bridgehead atoms. The third kappa shape index (κ3) is 2.57. The van der Waals surface area contributed by atoms with Crippen LogP contribution in [0.5, 0.6) is 0 Å². The molecule has 0 saturated carbocycles. The molecule has 104 valence electrons. The minimum atomic E-state index is 0.300. The van der Waals surface area contributed by atoms with E-state index >= 15 is 0 Å². The highest BCUT2D eigenvalue weighted by Crippen LogP contribution is 2.28. The summed E-state index contributed by atoms with van der Waals surface area (Å²) in [6.45, 7) is 5.29. The van der Waals surface area contributed by atoms with Gasteiger partial charge in [-0.15, -0.1) is 0 Å². The van der Waals surface area contributed by atoms with Crippen LogP contribution in [-0.2, 0) is 4.74 Å². The lowest BCUT2D eigenvalue weighted by atomic mass is 9.98. The Labute approximate surface area is 110 Å². The molecule has 3 saturated heterocycles. The predicted molar refractivity (Wildman–Crippen MR) is 72.5 cm³/mol. The summed E-state index contributed by atoms with van der Waals surface area (Å²) < 4.78 is 5.45. The van der Waals surface area contributed by atoms with Gasteiger partial charge in [-0.2, -0.15) is 0 Å². The van der Waals surface area contributed by atoms with Crippen LogP contribution in [0.15, 0.2) is 0 Å². The van der Waals surface area contributed by atoms with Crippen molar-refractivity contribution in [2.75, 3.05) is 39.9 Å². The first-order valence-corrected chi connectivity index (χ1v) is 7.51. The SMILES string of the molecule is CN1C2CCC1CN(CC(N)C1CCOC1)CC2. The fourth-order valence-electron chi connectivity index (χ4n) is 3.88. The Morgan fingerprint density at radius 2 is 2.06 bits per heavy atom. The Kier molecular flexibility index (Phi) is 3.89. The van der Waals surface area contributed by atoms with Crippen molar-refractivity contribution in [2.45, 2.75) is 43.8 Å². The Bertz CT molecular complexity index is 280. The average Bonchev–Trinajstić information content (AvgIpc) is 2.93. The summed E-state index contributed by atoms with van der Waals surface area (Å²) >= 11 is 0. The van der Waals surface area contributed by atoms with E-state index in [0.29, 0.717) is 12.0 Å². The Morgan fingerprint density at radius 1 is 1.22 bits per heavy atom. The van der Waals surface area contributed by atoms with Crippen molar-refractivity contribution >= 4 is 0 Å². The van der Waals surface area contributed by atoms with Crippen LogP contribution in [0.4, 0.5) is 0 Å². The second-order valence-electron chi connectivity index (χ2n) is 6.39. The van der Waals surface area contributed by atoms with Crippen LogP contribution in [0.3, 0.4) is 0 Å². The molecule has 0 radical (unpaired) electrons. The van der Waals surface area contributed by atoms with Crippen LogP contribution >= 0.6 is 0 Å². The van der Waals surface area contributed by atoms with Gasteiger partial charge >= 0.3 is 0 Å². The van der Waals surface area contributed by atoms with Gasteiger partial charge in [0.2, 0.25) is 0 Å². The highest BCUT2D eigenvalue weighted by atomic mass is 16.5. The maximum Gasteiger partial charge on any atom is 0.0510 e. The van der Waals surface area contributed by atoms with Crippen molar-refractivity contribution in [3.63, 3.8) is 0 Å². The van der Waals surface area contributed by atoms with Crippen molar-refractivity contribution in [1.29, 1.82) is 0 Å². The van der Waals surface area contributed by atoms with Crippen molar-refractivity contribution in [2.24, 2.45) is 11.7 Å². The third-order valence-electron chi connectivity index (χ3n) is 5.27. The second kappa shape index (κ2) is 5.45. The minimum Gasteiger partial charge on any atom is -0.381 e. The summed E-state index contributed by atoms with van der Waals surface area (Å²) in [4.78, 5) is 5.20. The van der Waals surface area contributed by atoms with E-state index in [2.05, 4.69) is 16.8 Å². The van der Waals surface area contributed by atoms with Gasteiger partial charge in [0.05, 0.1) is 6.61 Å². The fourth-order valence-corrected chi connectivity index (χ4v) is 3.88. The molecule has 2 N–H and O–H groups in total. The normalized spacial score (nSPS) is 40.0. The summed E-state index contributed by atoms with van der Waals surface area (Å²) in [7, 11) is 2.30. The summed E-state index contributed by atoms with van der Waals surface area (Å²) in [6, 6.07) is 1.89. The number of nitrogens with zero attached hydrogens (tertiary/aromatic N) is 2. The molecule has 0 spiro atoms. The van der Waals surface area contributed by atoms with Crippen LogP contribution in [0.1, 0.15) is 25.7 Å². The maximum absolute atomic E-state index is 6.36. The third-order valence-corrected chi connectivity index (χ3v) is 5.27. The number of nitrogens with two attached hydrogens (primary N) is 1. The molecule has 18 heavy (non-hydrogen) atoms. The first-order valence-electron chi connectivity index (χ1n) is 7.51. The number of fused-ring (bicyclic) bond motifs is 2.